The van der Waals surface area contributed by atoms with Gasteiger partial charge in [-0.05, 0) is 31.5 Å². The molecular weight excluding hydrogens is 228 g/mol. The smallest absolute Gasteiger partial charge is 0.251 e. The van der Waals surface area contributed by atoms with Crippen molar-refractivity contribution >= 4 is 18.3 Å². The average Bonchev–Trinajstić information content (AvgIpc) is 2.18. The van der Waals surface area contributed by atoms with Gasteiger partial charge in [0.1, 0.15) is 0 Å². The van der Waals surface area contributed by atoms with Crippen LogP contribution in [0.5, 0.6) is 0 Å². The van der Waals surface area contributed by atoms with Gasteiger partial charge < -0.3 is 5.32 Å². The van der Waals surface area contributed by atoms with Crippen molar-refractivity contribution in [2.45, 2.75) is 26.5 Å². The average molecular weight is 245 g/mol. The first-order chi connectivity index (χ1) is 7.13. The van der Waals surface area contributed by atoms with Gasteiger partial charge in [-0.25, -0.2) is 5.90 Å². The third-order valence-corrected chi connectivity index (χ3v) is 1.89. The first kappa shape index (κ1) is 14.9. The zero-order chi connectivity index (χ0) is 11.3. The number of rotatable bonds is 4. The summed E-state index contributed by atoms with van der Waals surface area (Å²) in [5, 5.41) is 2.82. The van der Waals surface area contributed by atoms with Crippen molar-refractivity contribution in [2.75, 3.05) is 0 Å². The van der Waals surface area contributed by atoms with E-state index in [0.29, 0.717) is 12.2 Å². The summed E-state index contributed by atoms with van der Waals surface area (Å²) in [6, 6.07) is 7.30. The lowest BCUT2D eigenvalue weighted by molar-refractivity contribution is 0.0943. The van der Waals surface area contributed by atoms with E-state index in [-0.39, 0.29) is 24.4 Å². The fraction of sp³-hybridized carbons (Fsp3) is 0.364. The molecule has 0 bridgehead atoms. The Balaban J connectivity index is 0.00000225. The molecule has 0 aromatic heterocycles. The maximum absolute atomic E-state index is 11.6. The standard InChI is InChI=1S/C11H16N2O2.ClH/c1-8(2)13-11(14)10-5-3-9(4-6-10)7-15-12;/h3-6,8H,7,12H2,1-2H3,(H,13,14);1H. The van der Waals surface area contributed by atoms with Crippen LogP contribution in [-0.2, 0) is 11.4 Å². The number of nitrogens with one attached hydrogen (secondary N) is 1. The van der Waals surface area contributed by atoms with Crippen molar-refractivity contribution < 1.29 is 9.63 Å². The predicted molar refractivity (Wildman–Crippen MR) is 65.3 cm³/mol. The Morgan fingerprint density at radius 2 is 1.94 bits per heavy atom. The Hall–Kier alpha value is -1.10. The SMILES string of the molecule is CC(C)NC(=O)c1ccc(CON)cc1.Cl. The number of hydrogen-bond donors (Lipinski definition) is 2. The minimum Gasteiger partial charge on any atom is -0.350 e. The van der Waals surface area contributed by atoms with E-state index in [1.807, 2.05) is 26.0 Å². The summed E-state index contributed by atoms with van der Waals surface area (Å²) in [6.45, 7) is 4.20. The number of benzene rings is 1. The molecule has 3 N–H and O–H groups in total. The van der Waals surface area contributed by atoms with Crippen molar-refractivity contribution in [3.63, 3.8) is 0 Å². The zero-order valence-corrected chi connectivity index (χ0v) is 10.2. The summed E-state index contributed by atoms with van der Waals surface area (Å²) in [7, 11) is 0. The first-order valence-electron chi connectivity index (χ1n) is 4.85. The van der Waals surface area contributed by atoms with Gasteiger partial charge in [0.15, 0.2) is 0 Å². The lowest BCUT2D eigenvalue weighted by atomic mass is 10.1. The normalized spacial score (nSPS) is 9.75. The van der Waals surface area contributed by atoms with Crippen molar-refractivity contribution in [3.05, 3.63) is 35.4 Å². The van der Waals surface area contributed by atoms with Crippen LogP contribution in [0.4, 0.5) is 0 Å². The third-order valence-electron chi connectivity index (χ3n) is 1.89. The largest absolute Gasteiger partial charge is 0.350 e. The molecule has 0 atom stereocenters. The van der Waals surface area contributed by atoms with Crippen LogP contribution in [0.3, 0.4) is 0 Å². The summed E-state index contributed by atoms with van der Waals surface area (Å²) in [6.07, 6.45) is 0. The molecule has 0 spiro atoms. The van der Waals surface area contributed by atoms with E-state index in [4.69, 9.17) is 5.90 Å². The second kappa shape index (κ2) is 7.22. The van der Waals surface area contributed by atoms with Crippen LogP contribution in [0, 0.1) is 0 Å². The molecule has 1 rings (SSSR count). The molecule has 90 valence electrons. The number of carbonyl (C=O) groups excluding carboxylic acids is 1. The van der Waals surface area contributed by atoms with E-state index < -0.39 is 0 Å². The third kappa shape index (κ3) is 4.61. The highest BCUT2D eigenvalue weighted by Crippen LogP contribution is 2.05. The highest BCUT2D eigenvalue weighted by atomic mass is 35.5. The molecule has 0 aliphatic carbocycles. The van der Waals surface area contributed by atoms with E-state index >= 15 is 0 Å². The topological polar surface area (TPSA) is 64.3 Å². The van der Waals surface area contributed by atoms with E-state index in [9.17, 15) is 4.79 Å². The number of halogens is 1. The molecule has 0 saturated heterocycles. The van der Waals surface area contributed by atoms with Gasteiger partial charge in [0, 0.05) is 11.6 Å². The number of carbonyl (C=O) groups is 1. The molecule has 0 aliphatic heterocycles. The van der Waals surface area contributed by atoms with Gasteiger partial charge in [-0.3, -0.25) is 9.63 Å². The van der Waals surface area contributed by atoms with Crippen molar-refractivity contribution in [2.24, 2.45) is 5.90 Å². The van der Waals surface area contributed by atoms with Crippen molar-refractivity contribution in [3.8, 4) is 0 Å². The Morgan fingerprint density at radius 3 is 2.38 bits per heavy atom. The van der Waals surface area contributed by atoms with E-state index in [1.165, 1.54) is 0 Å². The Bertz CT molecular complexity index is 325. The molecule has 1 aromatic carbocycles. The number of amides is 1. The molecule has 5 heteroatoms. The van der Waals surface area contributed by atoms with Crippen LogP contribution in [-0.4, -0.2) is 11.9 Å². The van der Waals surface area contributed by atoms with Crippen LogP contribution < -0.4 is 11.2 Å². The van der Waals surface area contributed by atoms with Crippen LogP contribution in [0.2, 0.25) is 0 Å². The lowest BCUT2D eigenvalue weighted by Crippen LogP contribution is -2.29. The molecular formula is C11H17ClN2O2. The minimum absolute atomic E-state index is 0. The molecule has 0 saturated carbocycles. The van der Waals surface area contributed by atoms with Gasteiger partial charge in [0.25, 0.3) is 5.91 Å². The first-order valence-corrected chi connectivity index (χ1v) is 4.85. The molecule has 16 heavy (non-hydrogen) atoms. The number of nitrogens with two attached hydrogens (primary N) is 1. The molecule has 0 radical (unpaired) electrons. The molecule has 0 fully saturated rings. The van der Waals surface area contributed by atoms with E-state index in [1.54, 1.807) is 12.1 Å². The van der Waals surface area contributed by atoms with Crippen molar-refractivity contribution in [1.82, 2.24) is 5.32 Å². The second-order valence-electron chi connectivity index (χ2n) is 3.64. The Kier molecular flexibility index (Phi) is 6.72. The molecule has 0 unspecified atom stereocenters. The van der Waals surface area contributed by atoms with Gasteiger partial charge in [0.05, 0.1) is 6.61 Å². The highest BCUT2D eigenvalue weighted by molar-refractivity contribution is 5.94. The fourth-order valence-electron chi connectivity index (χ4n) is 1.19. The fourth-order valence-corrected chi connectivity index (χ4v) is 1.19. The molecule has 0 heterocycles. The lowest BCUT2D eigenvalue weighted by Gasteiger charge is -2.08. The summed E-state index contributed by atoms with van der Waals surface area (Å²) >= 11 is 0. The summed E-state index contributed by atoms with van der Waals surface area (Å²) in [5.41, 5.74) is 1.59. The monoisotopic (exact) mass is 244 g/mol. The van der Waals surface area contributed by atoms with Gasteiger partial charge in [-0.2, -0.15) is 0 Å². The number of hydrogen-bond acceptors (Lipinski definition) is 3. The van der Waals surface area contributed by atoms with Crippen molar-refractivity contribution in [1.29, 1.82) is 0 Å². The minimum atomic E-state index is -0.0646. The van der Waals surface area contributed by atoms with E-state index in [0.717, 1.165) is 5.56 Å². The maximum Gasteiger partial charge on any atom is 0.251 e. The van der Waals surface area contributed by atoms with Gasteiger partial charge in [-0.1, -0.05) is 12.1 Å². The molecule has 0 aliphatic rings. The highest BCUT2D eigenvalue weighted by Gasteiger charge is 2.05. The van der Waals surface area contributed by atoms with Crippen LogP contribution in [0.1, 0.15) is 29.8 Å². The van der Waals surface area contributed by atoms with Gasteiger partial charge in [-0.15, -0.1) is 12.4 Å². The van der Waals surface area contributed by atoms with Gasteiger partial charge >= 0.3 is 0 Å². The summed E-state index contributed by atoms with van der Waals surface area (Å²) < 4.78 is 0. The maximum atomic E-state index is 11.6. The molecule has 1 aromatic rings. The Morgan fingerprint density at radius 1 is 1.38 bits per heavy atom. The molecule has 4 nitrogen and oxygen atoms in total. The van der Waals surface area contributed by atoms with Crippen LogP contribution in [0.25, 0.3) is 0 Å². The van der Waals surface area contributed by atoms with Crippen LogP contribution in [0.15, 0.2) is 24.3 Å². The Labute approximate surface area is 102 Å². The molecule has 1 amide bonds. The zero-order valence-electron chi connectivity index (χ0n) is 9.40. The van der Waals surface area contributed by atoms with E-state index in [2.05, 4.69) is 10.2 Å². The summed E-state index contributed by atoms with van der Waals surface area (Å²) in [4.78, 5) is 16.0. The second-order valence-corrected chi connectivity index (χ2v) is 3.64. The van der Waals surface area contributed by atoms with Gasteiger partial charge in [0.2, 0.25) is 0 Å². The predicted octanol–water partition coefficient (Wildman–Crippen LogP) is 1.64. The summed E-state index contributed by atoms with van der Waals surface area (Å²) in [5.74, 6) is 4.88. The quantitative estimate of drug-likeness (QED) is 0.792. The van der Waals surface area contributed by atoms with Crippen LogP contribution >= 0.6 is 12.4 Å².